The zero-order valence-electron chi connectivity index (χ0n) is 11.2. The maximum atomic E-state index is 13.0. The number of aromatic nitrogens is 1. The van der Waals surface area contributed by atoms with Gasteiger partial charge in [0.2, 0.25) is 18.0 Å². The molecule has 106 valence electrons. The van der Waals surface area contributed by atoms with Gasteiger partial charge in [0.1, 0.15) is 11.5 Å². The van der Waals surface area contributed by atoms with Gasteiger partial charge in [-0.3, -0.25) is 9.78 Å². The summed E-state index contributed by atoms with van der Waals surface area (Å²) in [5.74, 6) is -0.342. The molecule has 1 aliphatic rings. The second kappa shape index (κ2) is 5.32. The SMILES string of the molecule is CC(=O)N1N=C(c2ccc(F)cc2)OC1c1ccccn1. The number of halogens is 1. The van der Waals surface area contributed by atoms with Crippen LogP contribution in [0.15, 0.2) is 53.8 Å². The Balaban J connectivity index is 1.93. The third-order valence-corrected chi connectivity index (χ3v) is 3.00. The van der Waals surface area contributed by atoms with Gasteiger partial charge in [-0.15, -0.1) is 5.10 Å². The molecule has 21 heavy (non-hydrogen) atoms. The van der Waals surface area contributed by atoms with Gasteiger partial charge in [0.25, 0.3) is 0 Å². The monoisotopic (exact) mass is 285 g/mol. The molecule has 6 heteroatoms. The van der Waals surface area contributed by atoms with Crippen molar-refractivity contribution in [3.63, 3.8) is 0 Å². The Kier molecular flexibility index (Phi) is 3.35. The molecule has 0 radical (unpaired) electrons. The van der Waals surface area contributed by atoms with Crippen molar-refractivity contribution in [3.8, 4) is 0 Å². The molecule has 2 aromatic rings. The summed E-state index contributed by atoms with van der Waals surface area (Å²) < 4.78 is 18.7. The van der Waals surface area contributed by atoms with Crippen LogP contribution in [0.25, 0.3) is 0 Å². The van der Waals surface area contributed by atoms with Crippen LogP contribution in [0.1, 0.15) is 24.4 Å². The van der Waals surface area contributed by atoms with Crippen LogP contribution in [0.4, 0.5) is 4.39 Å². The molecule has 0 N–H and O–H groups in total. The smallest absolute Gasteiger partial charge is 0.243 e. The van der Waals surface area contributed by atoms with Gasteiger partial charge in [0, 0.05) is 18.7 Å². The average Bonchev–Trinajstić information content (AvgIpc) is 2.94. The maximum Gasteiger partial charge on any atom is 0.243 e. The van der Waals surface area contributed by atoms with E-state index in [0.29, 0.717) is 11.3 Å². The van der Waals surface area contributed by atoms with Gasteiger partial charge in [0.05, 0.1) is 0 Å². The third-order valence-electron chi connectivity index (χ3n) is 3.00. The highest BCUT2D eigenvalue weighted by Gasteiger charge is 2.33. The average molecular weight is 285 g/mol. The first-order valence-electron chi connectivity index (χ1n) is 6.37. The van der Waals surface area contributed by atoms with Gasteiger partial charge in [-0.2, -0.15) is 5.01 Å². The molecule has 0 bridgehead atoms. The molecule has 0 fully saturated rings. The molecule has 0 aliphatic carbocycles. The van der Waals surface area contributed by atoms with E-state index in [9.17, 15) is 9.18 Å². The quantitative estimate of drug-likeness (QED) is 0.851. The number of carbonyl (C=O) groups is 1. The van der Waals surface area contributed by atoms with E-state index in [1.807, 2.05) is 0 Å². The van der Waals surface area contributed by atoms with Gasteiger partial charge < -0.3 is 4.74 Å². The molecular formula is C15H12FN3O2. The number of pyridine rings is 1. The molecule has 1 atom stereocenters. The Morgan fingerprint density at radius 1 is 1.24 bits per heavy atom. The second-order valence-electron chi connectivity index (χ2n) is 4.50. The van der Waals surface area contributed by atoms with Crippen LogP contribution >= 0.6 is 0 Å². The van der Waals surface area contributed by atoms with Crippen molar-refractivity contribution >= 4 is 11.8 Å². The van der Waals surface area contributed by atoms with Crippen LogP contribution in [0.3, 0.4) is 0 Å². The Morgan fingerprint density at radius 3 is 2.62 bits per heavy atom. The topological polar surface area (TPSA) is 54.8 Å². The number of rotatable bonds is 2. The minimum atomic E-state index is -0.705. The Bertz CT molecular complexity index is 686. The van der Waals surface area contributed by atoms with E-state index in [1.54, 1.807) is 36.5 Å². The van der Waals surface area contributed by atoms with Crippen LogP contribution in [-0.4, -0.2) is 21.8 Å². The van der Waals surface area contributed by atoms with Gasteiger partial charge in [0.15, 0.2) is 0 Å². The standard InChI is InChI=1S/C15H12FN3O2/c1-10(20)19-15(13-4-2-3-9-17-13)21-14(18-19)11-5-7-12(16)8-6-11/h2-9,15H,1H3. The van der Waals surface area contributed by atoms with Crippen LogP contribution in [0.5, 0.6) is 0 Å². The second-order valence-corrected chi connectivity index (χ2v) is 4.50. The first-order valence-corrected chi connectivity index (χ1v) is 6.37. The van der Waals surface area contributed by atoms with Crippen molar-refractivity contribution in [2.24, 2.45) is 5.10 Å². The zero-order valence-corrected chi connectivity index (χ0v) is 11.2. The van der Waals surface area contributed by atoms with Crippen LogP contribution < -0.4 is 0 Å². The molecule has 1 aromatic carbocycles. The van der Waals surface area contributed by atoms with Crippen LogP contribution in [0.2, 0.25) is 0 Å². The summed E-state index contributed by atoms with van der Waals surface area (Å²) in [4.78, 5) is 15.9. The molecule has 0 spiro atoms. The molecule has 1 unspecified atom stereocenters. The molecule has 2 heterocycles. The van der Waals surface area contributed by atoms with Gasteiger partial charge >= 0.3 is 0 Å². The number of ether oxygens (including phenoxy) is 1. The fourth-order valence-corrected chi connectivity index (χ4v) is 1.99. The molecule has 0 saturated heterocycles. The van der Waals surface area contributed by atoms with Crippen molar-refractivity contribution < 1.29 is 13.9 Å². The first kappa shape index (κ1) is 13.2. The summed E-state index contributed by atoms with van der Waals surface area (Å²) in [5.41, 5.74) is 1.18. The van der Waals surface area contributed by atoms with E-state index in [4.69, 9.17) is 4.74 Å². The molecule has 1 aromatic heterocycles. The minimum absolute atomic E-state index is 0.261. The lowest BCUT2D eigenvalue weighted by molar-refractivity contribution is -0.135. The number of amides is 1. The number of hydrazone groups is 1. The summed E-state index contributed by atoms with van der Waals surface area (Å²) in [7, 11) is 0. The van der Waals surface area contributed by atoms with E-state index >= 15 is 0 Å². The predicted octanol–water partition coefficient (Wildman–Crippen LogP) is 2.46. The fourth-order valence-electron chi connectivity index (χ4n) is 1.99. The number of hydrogen-bond acceptors (Lipinski definition) is 4. The minimum Gasteiger partial charge on any atom is -0.444 e. The maximum absolute atomic E-state index is 13.0. The normalized spacial score (nSPS) is 17.3. The summed E-state index contributed by atoms with van der Waals surface area (Å²) in [6, 6.07) is 11.1. The van der Waals surface area contributed by atoms with E-state index in [0.717, 1.165) is 0 Å². The van der Waals surface area contributed by atoms with E-state index in [2.05, 4.69) is 10.1 Å². The van der Waals surface area contributed by atoms with Crippen molar-refractivity contribution in [2.45, 2.75) is 13.2 Å². The van der Waals surface area contributed by atoms with Crippen molar-refractivity contribution in [1.29, 1.82) is 0 Å². The molecule has 0 saturated carbocycles. The molecule has 5 nitrogen and oxygen atoms in total. The highest BCUT2D eigenvalue weighted by Crippen LogP contribution is 2.28. The van der Waals surface area contributed by atoms with E-state index in [-0.39, 0.29) is 17.6 Å². The molecule has 3 rings (SSSR count). The van der Waals surface area contributed by atoms with Crippen LogP contribution in [-0.2, 0) is 9.53 Å². The Hall–Kier alpha value is -2.76. The molecular weight excluding hydrogens is 273 g/mol. The summed E-state index contributed by atoms with van der Waals surface area (Å²) in [6.45, 7) is 1.40. The number of benzene rings is 1. The lowest BCUT2D eigenvalue weighted by Gasteiger charge is -2.18. The summed E-state index contributed by atoms with van der Waals surface area (Å²) >= 11 is 0. The van der Waals surface area contributed by atoms with Crippen molar-refractivity contribution in [3.05, 3.63) is 65.7 Å². The van der Waals surface area contributed by atoms with E-state index in [1.165, 1.54) is 24.1 Å². The number of hydrogen-bond donors (Lipinski definition) is 0. The van der Waals surface area contributed by atoms with Gasteiger partial charge in [-0.25, -0.2) is 4.39 Å². The lowest BCUT2D eigenvalue weighted by Crippen LogP contribution is -2.25. The lowest BCUT2D eigenvalue weighted by atomic mass is 10.2. The summed E-state index contributed by atoms with van der Waals surface area (Å²) in [5, 5.41) is 5.38. The van der Waals surface area contributed by atoms with Crippen molar-refractivity contribution in [1.82, 2.24) is 9.99 Å². The highest BCUT2D eigenvalue weighted by atomic mass is 19.1. The number of nitrogens with zero attached hydrogens (tertiary/aromatic N) is 3. The highest BCUT2D eigenvalue weighted by molar-refractivity contribution is 5.96. The molecule has 1 amide bonds. The van der Waals surface area contributed by atoms with E-state index < -0.39 is 6.23 Å². The van der Waals surface area contributed by atoms with Gasteiger partial charge in [-0.1, -0.05) is 6.07 Å². The third kappa shape index (κ3) is 2.60. The largest absolute Gasteiger partial charge is 0.444 e. The zero-order chi connectivity index (χ0) is 14.8. The van der Waals surface area contributed by atoms with Gasteiger partial charge in [-0.05, 0) is 36.4 Å². The Labute approximate surface area is 120 Å². The first-order chi connectivity index (χ1) is 10.1. The van der Waals surface area contributed by atoms with Crippen LogP contribution in [0, 0.1) is 5.82 Å². The Morgan fingerprint density at radius 2 is 2.00 bits per heavy atom. The predicted molar refractivity (Wildman–Crippen MR) is 73.5 cm³/mol. The summed E-state index contributed by atoms with van der Waals surface area (Å²) in [6.07, 6.45) is 0.913. The number of carbonyl (C=O) groups excluding carboxylic acids is 1. The van der Waals surface area contributed by atoms with Crippen molar-refractivity contribution in [2.75, 3.05) is 0 Å². The molecule has 1 aliphatic heterocycles. The fraction of sp³-hybridized carbons (Fsp3) is 0.133.